The third-order valence-corrected chi connectivity index (χ3v) is 4.26. The Morgan fingerprint density at radius 3 is 2.48 bits per heavy atom. The summed E-state index contributed by atoms with van der Waals surface area (Å²) in [6, 6.07) is 0. The highest BCUT2D eigenvalue weighted by Gasteiger charge is 2.30. The molecule has 0 fully saturated rings. The number of hydroxylamine groups is 1. The highest BCUT2D eigenvalue weighted by molar-refractivity contribution is 5.69. The van der Waals surface area contributed by atoms with Crippen molar-refractivity contribution in [2.45, 2.75) is 45.1 Å². The van der Waals surface area contributed by atoms with E-state index in [-0.39, 0.29) is 23.7 Å². The van der Waals surface area contributed by atoms with E-state index in [9.17, 15) is 14.8 Å². The molecule has 0 saturated heterocycles. The molecule has 2 rings (SSSR count). The van der Waals surface area contributed by atoms with Gasteiger partial charge in [-0.15, -0.1) is 6.58 Å². The minimum absolute atomic E-state index is 0.186. The second-order valence-corrected chi connectivity index (χ2v) is 6.05. The number of rotatable bonds is 8. The Hall–Kier alpha value is -2.02. The highest BCUT2D eigenvalue weighted by atomic mass is 16.5. The van der Waals surface area contributed by atoms with Crippen molar-refractivity contribution >= 4 is 11.5 Å². The van der Waals surface area contributed by atoms with Crippen LogP contribution in [0.15, 0.2) is 22.2 Å². The molecule has 0 bridgehead atoms. The number of unbranched alkanes of at least 4 members (excludes halogenated alkanes) is 5. The molecule has 0 saturated carbocycles. The Bertz CT molecular complexity index is 677. The Kier molecular flexibility index (Phi) is 5.65. The fourth-order valence-corrected chi connectivity index (χ4v) is 2.99. The van der Waals surface area contributed by atoms with Crippen molar-refractivity contribution in [3.63, 3.8) is 0 Å². The van der Waals surface area contributed by atoms with E-state index in [0.29, 0.717) is 12.2 Å². The van der Waals surface area contributed by atoms with Gasteiger partial charge in [0.1, 0.15) is 12.4 Å². The zero-order chi connectivity index (χ0) is 17.0. The predicted octanol–water partition coefficient (Wildman–Crippen LogP) is 1.68. The summed E-state index contributed by atoms with van der Waals surface area (Å²) in [6.07, 6.45) is 8.13. The molecule has 0 spiro atoms. The molecular weight excluding hydrogens is 296 g/mol. The van der Waals surface area contributed by atoms with Crippen LogP contribution >= 0.6 is 0 Å². The number of nitrogens with zero attached hydrogens (tertiary/aromatic N) is 4. The Morgan fingerprint density at radius 1 is 1.13 bits per heavy atom. The van der Waals surface area contributed by atoms with Crippen molar-refractivity contribution in [2.75, 3.05) is 23.7 Å². The summed E-state index contributed by atoms with van der Waals surface area (Å²) in [7, 11) is 3.31. The average Bonchev–Trinajstić information content (AvgIpc) is 2.81. The number of anilines is 2. The van der Waals surface area contributed by atoms with Crippen molar-refractivity contribution in [3.05, 3.63) is 33.5 Å². The SMILES string of the molecule is C=CCCCCCCCn1c(=O)c2c(n(C)c1=O)N(O)CN2C. The van der Waals surface area contributed by atoms with Gasteiger partial charge in [0, 0.05) is 20.6 Å². The Balaban J connectivity index is 2.08. The first kappa shape index (κ1) is 17.3. The van der Waals surface area contributed by atoms with E-state index >= 15 is 0 Å². The van der Waals surface area contributed by atoms with E-state index in [4.69, 9.17) is 0 Å². The summed E-state index contributed by atoms with van der Waals surface area (Å²) in [5.41, 5.74) is -0.329. The van der Waals surface area contributed by atoms with Crippen LogP contribution in [0, 0.1) is 0 Å². The topological polar surface area (TPSA) is 70.7 Å². The van der Waals surface area contributed by atoms with Gasteiger partial charge in [0.15, 0.2) is 5.82 Å². The van der Waals surface area contributed by atoms with Gasteiger partial charge in [-0.1, -0.05) is 25.3 Å². The molecule has 7 nitrogen and oxygen atoms in total. The molecule has 0 aliphatic carbocycles. The molecule has 1 N–H and O–H groups in total. The fourth-order valence-electron chi connectivity index (χ4n) is 2.99. The minimum atomic E-state index is -0.380. The van der Waals surface area contributed by atoms with Crippen molar-refractivity contribution in [2.24, 2.45) is 7.05 Å². The molecule has 1 aromatic rings. The first-order valence-corrected chi connectivity index (χ1v) is 8.11. The number of hydrogen-bond donors (Lipinski definition) is 1. The van der Waals surface area contributed by atoms with Gasteiger partial charge in [-0.2, -0.15) is 0 Å². The van der Waals surface area contributed by atoms with Crippen molar-refractivity contribution in [1.29, 1.82) is 0 Å². The Labute approximate surface area is 136 Å². The van der Waals surface area contributed by atoms with Crippen LogP contribution in [-0.2, 0) is 13.6 Å². The van der Waals surface area contributed by atoms with E-state index < -0.39 is 0 Å². The molecule has 0 unspecified atom stereocenters. The van der Waals surface area contributed by atoms with Gasteiger partial charge in [-0.05, 0) is 19.3 Å². The summed E-state index contributed by atoms with van der Waals surface area (Å²) in [5.74, 6) is 0.267. The molecule has 2 heterocycles. The van der Waals surface area contributed by atoms with Gasteiger partial charge >= 0.3 is 5.69 Å². The first-order chi connectivity index (χ1) is 11.0. The molecule has 128 valence electrons. The van der Waals surface area contributed by atoms with Crippen LogP contribution in [0.1, 0.15) is 38.5 Å². The predicted molar refractivity (Wildman–Crippen MR) is 91.4 cm³/mol. The third-order valence-electron chi connectivity index (χ3n) is 4.26. The van der Waals surface area contributed by atoms with Gasteiger partial charge in [-0.25, -0.2) is 9.86 Å². The van der Waals surface area contributed by atoms with E-state index in [0.717, 1.165) is 43.6 Å². The van der Waals surface area contributed by atoms with Gasteiger partial charge < -0.3 is 4.90 Å². The summed E-state index contributed by atoms with van der Waals surface area (Å²) in [4.78, 5) is 26.6. The number of fused-ring (bicyclic) bond motifs is 1. The van der Waals surface area contributed by atoms with E-state index in [1.54, 1.807) is 19.0 Å². The third kappa shape index (κ3) is 3.50. The monoisotopic (exact) mass is 322 g/mol. The zero-order valence-corrected chi connectivity index (χ0v) is 14.0. The summed E-state index contributed by atoms with van der Waals surface area (Å²) in [6.45, 7) is 4.30. The second kappa shape index (κ2) is 7.50. The van der Waals surface area contributed by atoms with Crippen molar-refractivity contribution in [1.82, 2.24) is 9.13 Å². The molecule has 0 radical (unpaired) electrons. The van der Waals surface area contributed by atoms with Crippen molar-refractivity contribution in [3.8, 4) is 0 Å². The van der Waals surface area contributed by atoms with E-state index in [1.807, 2.05) is 6.08 Å². The molecule has 23 heavy (non-hydrogen) atoms. The maximum absolute atomic E-state index is 12.6. The lowest BCUT2D eigenvalue weighted by atomic mass is 10.1. The molecule has 1 aliphatic rings. The van der Waals surface area contributed by atoms with Crippen LogP contribution in [0.5, 0.6) is 0 Å². The molecule has 1 aromatic heterocycles. The van der Waals surface area contributed by atoms with Gasteiger partial charge in [0.05, 0.1) is 0 Å². The van der Waals surface area contributed by atoms with Crippen LogP contribution in [0.2, 0.25) is 0 Å². The van der Waals surface area contributed by atoms with E-state index in [1.165, 1.54) is 9.13 Å². The molecule has 1 aliphatic heterocycles. The highest BCUT2D eigenvalue weighted by Crippen LogP contribution is 2.28. The molecule has 0 atom stereocenters. The van der Waals surface area contributed by atoms with Crippen LogP contribution in [0.3, 0.4) is 0 Å². The van der Waals surface area contributed by atoms with Crippen LogP contribution in [0.25, 0.3) is 0 Å². The van der Waals surface area contributed by atoms with Crippen LogP contribution < -0.4 is 21.2 Å². The average molecular weight is 322 g/mol. The quantitative estimate of drug-likeness (QED) is 0.582. The summed E-state index contributed by atoms with van der Waals surface area (Å²) in [5, 5.41) is 10.8. The lowest BCUT2D eigenvalue weighted by Crippen LogP contribution is -2.40. The Morgan fingerprint density at radius 2 is 1.78 bits per heavy atom. The van der Waals surface area contributed by atoms with Gasteiger partial charge in [0.2, 0.25) is 0 Å². The molecule has 0 aromatic carbocycles. The smallest absolute Gasteiger partial charge is 0.332 e. The maximum atomic E-state index is 12.6. The second-order valence-electron chi connectivity index (χ2n) is 6.05. The van der Waals surface area contributed by atoms with Crippen LogP contribution in [0.4, 0.5) is 11.5 Å². The number of hydrogen-bond acceptors (Lipinski definition) is 5. The van der Waals surface area contributed by atoms with Gasteiger partial charge in [0.25, 0.3) is 5.56 Å². The maximum Gasteiger partial charge on any atom is 0.332 e. The normalized spacial score (nSPS) is 13.5. The van der Waals surface area contributed by atoms with Crippen LogP contribution in [-0.4, -0.2) is 28.1 Å². The molecular formula is C16H26N4O3. The van der Waals surface area contributed by atoms with E-state index in [2.05, 4.69) is 6.58 Å². The standard InChI is InChI=1S/C16H26N4O3/c1-4-5-6-7-8-9-10-11-19-15(21)13-14(18(3)16(19)22)20(23)12-17(13)2/h4,23H,1,5-12H2,2-3H3. The summed E-state index contributed by atoms with van der Waals surface area (Å²) < 4.78 is 2.61. The fraction of sp³-hybridized carbons (Fsp3) is 0.625. The minimum Gasteiger partial charge on any atom is -0.347 e. The first-order valence-electron chi connectivity index (χ1n) is 8.11. The summed E-state index contributed by atoms with van der Waals surface area (Å²) >= 11 is 0. The lowest BCUT2D eigenvalue weighted by Gasteiger charge is -2.14. The molecule has 0 amide bonds. The molecule has 7 heteroatoms. The number of aromatic nitrogens is 2. The van der Waals surface area contributed by atoms with Crippen molar-refractivity contribution < 1.29 is 5.21 Å². The largest absolute Gasteiger partial charge is 0.347 e. The zero-order valence-electron chi connectivity index (χ0n) is 14.0. The number of allylic oxidation sites excluding steroid dienone is 1. The van der Waals surface area contributed by atoms with Gasteiger partial charge in [-0.3, -0.25) is 19.1 Å². The lowest BCUT2D eigenvalue weighted by molar-refractivity contribution is 0.257.